The first-order chi connectivity index (χ1) is 9.14. The number of rotatable bonds is 5. The molecular weight excluding hydrogens is 275 g/mol. The molecule has 1 aromatic rings. The van der Waals surface area contributed by atoms with Crippen LogP contribution in [0.4, 0.5) is 18.9 Å². The highest BCUT2D eigenvalue weighted by molar-refractivity contribution is 5.76. The maximum Gasteiger partial charge on any atom is 0.573 e. The number of carbonyl (C=O) groups is 1. The number of anilines is 1. The summed E-state index contributed by atoms with van der Waals surface area (Å²) in [4.78, 5) is 11.5. The lowest BCUT2D eigenvalue weighted by Gasteiger charge is -2.22. The molecule has 0 bridgehead atoms. The molecule has 0 atom stereocenters. The SMILES string of the molecule is COC(=O)C(C)(C)CNc1cccc(OC(F)(F)F)c1. The minimum atomic E-state index is -4.73. The van der Waals surface area contributed by atoms with Gasteiger partial charge in [-0.15, -0.1) is 13.2 Å². The maximum atomic E-state index is 12.1. The van der Waals surface area contributed by atoms with Crippen molar-refractivity contribution in [1.82, 2.24) is 0 Å². The standard InChI is InChI=1S/C13H16F3NO3/c1-12(2,11(18)19-3)8-17-9-5-4-6-10(7-9)20-13(14,15)16/h4-7,17H,8H2,1-3H3. The zero-order chi connectivity index (χ0) is 15.4. The minimum Gasteiger partial charge on any atom is -0.469 e. The fourth-order valence-corrected chi connectivity index (χ4v) is 1.47. The largest absolute Gasteiger partial charge is 0.573 e. The average Bonchev–Trinajstić information content (AvgIpc) is 2.34. The van der Waals surface area contributed by atoms with Crippen LogP contribution in [0.2, 0.25) is 0 Å². The van der Waals surface area contributed by atoms with Gasteiger partial charge in [0, 0.05) is 18.3 Å². The molecule has 0 aliphatic carbocycles. The number of ether oxygens (including phenoxy) is 2. The molecule has 0 radical (unpaired) electrons. The Bertz CT molecular complexity index is 472. The molecule has 0 spiro atoms. The summed E-state index contributed by atoms with van der Waals surface area (Å²) in [6.45, 7) is 3.55. The van der Waals surface area contributed by atoms with Crippen LogP contribution in [0.1, 0.15) is 13.8 Å². The van der Waals surface area contributed by atoms with Crippen molar-refractivity contribution in [1.29, 1.82) is 0 Å². The molecule has 1 aromatic carbocycles. The Kier molecular flexibility index (Phi) is 4.86. The second kappa shape index (κ2) is 6.02. The first-order valence-corrected chi connectivity index (χ1v) is 5.82. The molecule has 1 N–H and O–H groups in total. The number of benzene rings is 1. The molecule has 0 aliphatic heterocycles. The predicted octanol–water partition coefficient (Wildman–Crippen LogP) is 3.20. The van der Waals surface area contributed by atoms with Crippen molar-refractivity contribution in [2.75, 3.05) is 19.0 Å². The molecule has 0 aliphatic rings. The van der Waals surface area contributed by atoms with Crippen LogP contribution in [0, 0.1) is 5.41 Å². The summed E-state index contributed by atoms with van der Waals surface area (Å²) in [5.41, 5.74) is -0.376. The summed E-state index contributed by atoms with van der Waals surface area (Å²) in [5, 5.41) is 2.88. The normalized spacial score (nSPS) is 11.9. The van der Waals surface area contributed by atoms with E-state index in [4.69, 9.17) is 0 Å². The first-order valence-electron chi connectivity index (χ1n) is 5.82. The number of carbonyl (C=O) groups excluding carboxylic acids is 1. The van der Waals surface area contributed by atoms with E-state index < -0.39 is 17.7 Å². The third-order valence-corrected chi connectivity index (χ3v) is 2.54. The third kappa shape index (κ3) is 4.99. The van der Waals surface area contributed by atoms with Crippen LogP contribution in [0.15, 0.2) is 24.3 Å². The fraction of sp³-hybridized carbons (Fsp3) is 0.462. The van der Waals surface area contributed by atoms with E-state index in [9.17, 15) is 18.0 Å². The van der Waals surface area contributed by atoms with Gasteiger partial charge in [0.1, 0.15) is 5.75 Å². The Balaban J connectivity index is 2.70. The lowest BCUT2D eigenvalue weighted by Crippen LogP contribution is -2.33. The van der Waals surface area contributed by atoms with Gasteiger partial charge in [0.25, 0.3) is 0 Å². The van der Waals surface area contributed by atoms with Gasteiger partial charge in [-0.2, -0.15) is 0 Å². The highest BCUT2D eigenvalue weighted by Crippen LogP contribution is 2.26. The van der Waals surface area contributed by atoms with Crippen LogP contribution in [0.25, 0.3) is 0 Å². The molecular formula is C13H16F3NO3. The van der Waals surface area contributed by atoms with Crippen LogP contribution in [-0.2, 0) is 9.53 Å². The van der Waals surface area contributed by atoms with Crippen LogP contribution in [0.5, 0.6) is 5.75 Å². The monoisotopic (exact) mass is 291 g/mol. The quantitative estimate of drug-likeness (QED) is 0.846. The third-order valence-electron chi connectivity index (χ3n) is 2.54. The molecule has 0 amide bonds. The van der Waals surface area contributed by atoms with E-state index in [1.807, 2.05) is 0 Å². The van der Waals surface area contributed by atoms with E-state index in [-0.39, 0.29) is 12.3 Å². The molecule has 0 unspecified atom stereocenters. The van der Waals surface area contributed by atoms with Gasteiger partial charge in [0.15, 0.2) is 0 Å². The van der Waals surface area contributed by atoms with E-state index >= 15 is 0 Å². The molecule has 20 heavy (non-hydrogen) atoms. The van der Waals surface area contributed by atoms with Gasteiger partial charge in [0.2, 0.25) is 0 Å². The van der Waals surface area contributed by atoms with Crippen LogP contribution >= 0.6 is 0 Å². The maximum absolute atomic E-state index is 12.1. The van der Waals surface area contributed by atoms with Gasteiger partial charge in [-0.05, 0) is 26.0 Å². The molecule has 0 saturated carbocycles. The van der Waals surface area contributed by atoms with E-state index in [0.29, 0.717) is 5.69 Å². The summed E-state index contributed by atoms with van der Waals surface area (Å²) < 4.78 is 44.7. The lowest BCUT2D eigenvalue weighted by atomic mass is 9.93. The zero-order valence-corrected chi connectivity index (χ0v) is 11.4. The number of esters is 1. The summed E-state index contributed by atoms with van der Waals surface area (Å²) in [7, 11) is 1.28. The number of hydrogen-bond donors (Lipinski definition) is 1. The van der Waals surface area contributed by atoms with Crippen molar-refractivity contribution < 1.29 is 27.4 Å². The summed E-state index contributed by atoms with van der Waals surface area (Å²) in [6.07, 6.45) is -4.73. The topological polar surface area (TPSA) is 47.6 Å². The molecule has 0 fully saturated rings. The Morgan fingerprint density at radius 1 is 1.30 bits per heavy atom. The zero-order valence-electron chi connectivity index (χ0n) is 11.4. The Morgan fingerprint density at radius 2 is 1.95 bits per heavy atom. The summed E-state index contributed by atoms with van der Waals surface area (Å²) in [6, 6.07) is 5.41. The van der Waals surface area contributed by atoms with E-state index in [2.05, 4.69) is 14.8 Å². The van der Waals surface area contributed by atoms with Gasteiger partial charge in [0.05, 0.1) is 12.5 Å². The van der Waals surface area contributed by atoms with Crippen molar-refractivity contribution in [3.63, 3.8) is 0 Å². The van der Waals surface area contributed by atoms with Crippen LogP contribution in [0.3, 0.4) is 0 Å². The molecule has 0 aromatic heterocycles. The highest BCUT2D eigenvalue weighted by atomic mass is 19.4. The van der Waals surface area contributed by atoms with Crippen LogP contribution < -0.4 is 10.1 Å². The highest BCUT2D eigenvalue weighted by Gasteiger charge is 2.31. The van der Waals surface area contributed by atoms with Crippen molar-refractivity contribution in [2.24, 2.45) is 5.41 Å². The van der Waals surface area contributed by atoms with E-state index in [1.54, 1.807) is 19.9 Å². The summed E-state index contributed by atoms with van der Waals surface area (Å²) >= 11 is 0. The second-order valence-electron chi connectivity index (χ2n) is 4.80. The van der Waals surface area contributed by atoms with E-state index in [1.165, 1.54) is 25.3 Å². The number of hydrogen-bond acceptors (Lipinski definition) is 4. The number of alkyl halides is 3. The first kappa shape index (κ1) is 16.1. The lowest BCUT2D eigenvalue weighted by molar-refractivity contribution is -0.274. The number of halogens is 3. The predicted molar refractivity (Wildman–Crippen MR) is 67.4 cm³/mol. The molecule has 112 valence electrons. The van der Waals surface area contributed by atoms with Crippen molar-refractivity contribution in [3.05, 3.63) is 24.3 Å². The fourth-order valence-electron chi connectivity index (χ4n) is 1.47. The van der Waals surface area contributed by atoms with Gasteiger partial charge in [-0.3, -0.25) is 4.79 Å². The minimum absolute atomic E-state index is 0.217. The Hall–Kier alpha value is -1.92. The van der Waals surface area contributed by atoms with Crippen molar-refractivity contribution in [3.8, 4) is 5.75 Å². The second-order valence-corrected chi connectivity index (χ2v) is 4.80. The molecule has 7 heteroatoms. The van der Waals surface area contributed by atoms with Crippen molar-refractivity contribution in [2.45, 2.75) is 20.2 Å². The molecule has 0 saturated heterocycles. The molecule has 4 nitrogen and oxygen atoms in total. The Morgan fingerprint density at radius 3 is 2.50 bits per heavy atom. The van der Waals surface area contributed by atoms with Gasteiger partial charge in [-0.25, -0.2) is 0 Å². The van der Waals surface area contributed by atoms with Gasteiger partial charge < -0.3 is 14.8 Å². The number of methoxy groups -OCH3 is 1. The van der Waals surface area contributed by atoms with E-state index in [0.717, 1.165) is 0 Å². The molecule has 0 heterocycles. The Labute approximate surface area is 114 Å². The van der Waals surface area contributed by atoms with Crippen LogP contribution in [-0.4, -0.2) is 26.0 Å². The molecule has 1 rings (SSSR count). The van der Waals surface area contributed by atoms with Crippen molar-refractivity contribution >= 4 is 11.7 Å². The summed E-state index contributed by atoms with van der Waals surface area (Å²) in [5.74, 6) is -0.730. The average molecular weight is 291 g/mol. The smallest absolute Gasteiger partial charge is 0.469 e. The van der Waals surface area contributed by atoms with Gasteiger partial charge >= 0.3 is 12.3 Å². The number of nitrogens with one attached hydrogen (secondary N) is 1. The van der Waals surface area contributed by atoms with Gasteiger partial charge in [-0.1, -0.05) is 6.07 Å².